The van der Waals surface area contributed by atoms with Crippen LogP contribution in [0.25, 0.3) is 0 Å². The number of nitrogens with zero attached hydrogens (tertiary/aromatic N) is 2. The topological polar surface area (TPSA) is 127 Å². The van der Waals surface area contributed by atoms with Crippen molar-refractivity contribution in [2.24, 2.45) is 0 Å². The summed E-state index contributed by atoms with van der Waals surface area (Å²) in [6.45, 7) is 1.80. The fourth-order valence-corrected chi connectivity index (χ4v) is 1.72. The van der Waals surface area contributed by atoms with Crippen LogP contribution in [0.1, 0.15) is 28.9 Å². The van der Waals surface area contributed by atoms with Gasteiger partial charge in [-0.1, -0.05) is 0 Å². The quantitative estimate of drug-likeness (QED) is 0.441. The lowest BCUT2D eigenvalue weighted by molar-refractivity contribution is -0.383. The molecule has 1 atom stereocenters. The molecule has 2 rings (SSSR count). The van der Waals surface area contributed by atoms with E-state index in [4.69, 9.17) is 5.73 Å². The second-order valence-corrected chi connectivity index (χ2v) is 4.26. The summed E-state index contributed by atoms with van der Waals surface area (Å²) >= 11 is 0. The molecular weight excluding hydrogens is 262 g/mol. The summed E-state index contributed by atoms with van der Waals surface area (Å²) in [5.41, 5.74) is 6.38. The summed E-state index contributed by atoms with van der Waals surface area (Å²) in [5.74, 6) is -0.361. The van der Waals surface area contributed by atoms with Gasteiger partial charge in [-0.3, -0.25) is 20.0 Å². The zero-order valence-corrected chi connectivity index (χ0v) is 10.7. The summed E-state index contributed by atoms with van der Waals surface area (Å²) in [6.07, 6.45) is 3.28. The number of nitro benzene ring substituents is 1. The van der Waals surface area contributed by atoms with Crippen molar-refractivity contribution in [3.05, 3.63) is 51.8 Å². The molecule has 1 unspecified atom stereocenters. The Hall–Kier alpha value is -2.90. The third kappa shape index (κ3) is 2.74. The van der Waals surface area contributed by atoms with Crippen LogP contribution in [0, 0.1) is 10.1 Å². The molecular formula is C12H13N5O3. The highest BCUT2D eigenvalue weighted by molar-refractivity contribution is 5.95. The highest BCUT2D eigenvalue weighted by Crippen LogP contribution is 2.22. The Morgan fingerprint density at radius 3 is 2.85 bits per heavy atom. The van der Waals surface area contributed by atoms with Crippen LogP contribution in [0.3, 0.4) is 0 Å². The van der Waals surface area contributed by atoms with Crippen LogP contribution in [0.15, 0.2) is 30.6 Å². The average Bonchev–Trinajstić information content (AvgIpc) is 2.91. The maximum absolute atomic E-state index is 12.0. The number of anilines is 1. The lowest BCUT2D eigenvalue weighted by atomic mass is 10.1. The highest BCUT2D eigenvalue weighted by Gasteiger charge is 2.16. The molecule has 0 bridgehead atoms. The summed E-state index contributed by atoms with van der Waals surface area (Å²) in [4.78, 5) is 22.1. The largest absolute Gasteiger partial charge is 0.393 e. The van der Waals surface area contributed by atoms with Crippen molar-refractivity contribution < 1.29 is 9.72 Å². The first-order chi connectivity index (χ1) is 9.49. The van der Waals surface area contributed by atoms with Crippen molar-refractivity contribution in [1.29, 1.82) is 0 Å². The minimum Gasteiger partial charge on any atom is -0.393 e. The predicted molar refractivity (Wildman–Crippen MR) is 72.0 cm³/mol. The molecule has 20 heavy (non-hydrogen) atoms. The van der Waals surface area contributed by atoms with Gasteiger partial charge in [-0.05, 0) is 19.1 Å². The molecule has 0 saturated carbocycles. The molecule has 0 aliphatic heterocycles. The number of carbonyl (C=O) groups excluding carboxylic acids is 1. The molecule has 2 aromatic rings. The van der Waals surface area contributed by atoms with Crippen molar-refractivity contribution in [1.82, 2.24) is 15.5 Å². The standard InChI is InChI=1S/C12H13N5O3/c1-7(9-5-14-15-6-9)16-12(18)8-2-3-11(17(19)20)10(13)4-8/h2-7H,13H2,1H3,(H,14,15)(H,16,18). The molecule has 1 heterocycles. The van der Waals surface area contributed by atoms with E-state index in [9.17, 15) is 14.9 Å². The van der Waals surface area contributed by atoms with Crippen LogP contribution < -0.4 is 11.1 Å². The number of H-pyrrole nitrogens is 1. The fraction of sp³-hybridized carbons (Fsp3) is 0.167. The minimum atomic E-state index is -0.592. The van der Waals surface area contributed by atoms with Crippen LogP contribution in [0.4, 0.5) is 11.4 Å². The number of nitrogens with two attached hydrogens (primary N) is 1. The molecule has 0 saturated heterocycles. The Morgan fingerprint density at radius 1 is 1.55 bits per heavy atom. The molecule has 0 spiro atoms. The molecule has 1 amide bonds. The van der Waals surface area contributed by atoms with Gasteiger partial charge in [0.15, 0.2) is 0 Å². The van der Waals surface area contributed by atoms with Gasteiger partial charge in [0.05, 0.1) is 17.2 Å². The summed E-state index contributed by atoms with van der Waals surface area (Å²) in [6, 6.07) is 3.63. The predicted octanol–water partition coefficient (Wildman–Crippen LogP) is 1.39. The van der Waals surface area contributed by atoms with Gasteiger partial charge in [-0.25, -0.2) is 0 Å². The number of carbonyl (C=O) groups is 1. The molecule has 1 aromatic heterocycles. The number of hydrogen-bond donors (Lipinski definition) is 3. The minimum absolute atomic E-state index is 0.0429. The number of nitro groups is 1. The number of amides is 1. The SMILES string of the molecule is CC(NC(=O)c1ccc([N+](=O)[O-])c(N)c1)c1cn[nH]c1. The van der Waals surface area contributed by atoms with Gasteiger partial charge < -0.3 is 11.1 Å². The fourth-order valence-electron chi connectivity index (χ4n) is 1.72. The number of aromatic nitrogens is 2. The maximum Gasteiger partial charge on any atom is 0.292 e. The maximum atomic E-state index is 12.0. The van der Waals surface area contributed by atoms with E-state index in [1.807, 2.05) is 0 Å². The van der Waals surface area contributed by atoms with Gasteiger partial charge in [-0.15, -0.1) is 0 Å². The first-order valence-electron chi connectivity index (χ1n) is 5.82. The normalized spacial score (nSPS) is 11.8. The summed E-state index contributed by atoms with van der Waals surface area (Å²) in [7, 11) is 0. The van der Waals surface area contributed by atoms with Crippen molar-refractivity contribution in [2.45, 2.75) is 13.0 Å². The van der Waals surface area contributed by atoms with E-state index in [1.54, 1.807) is 19.3 Å². The molecule has 104 valence electrons. The number of nitrogens with one attached hydrogen (secondary N) is 2. The van der Waals surface area contributed by atoms with Crippen LogP contribution in [-0.4, -0.2) is 21.0 Å². The lowest BCUT2D eigenvalue weighted by Crippen LogP contribution is -2.26. The lowest BCUT2D eigenvalue weighted by Gasteiger charge is -2.12. The number of benzene rings is 1. The Bertz CT molecular complexity index is 639. The van der Waals surface area contributed by atoms with Crippen LogP contribution in [0.2, 0.25) is 0 Å². The zero-order valence-electron chi connectivity index (χ0n) is 10.7. The van der Waals surface area contributed by atoms with E-state index in [1.165, 1.54) is 18.2 Å². The van der Waals surface area contributed by atoms with Gasteiger partial charge in [0.25, 0.3) is 11.6 Å². The first-order valence-corrected chi connectivity index (χ1v) is 5.82. The van der Waals surface area contributed by atoms with Crippen LogP contribution in [-0.2, 0) is 0 Å². The van der Waals surface area contributed by atoms with E-state index in [2.05, 4.69) is 15.5 Å². The van der Waals surface area contributed by atoms with Gasteiger partial charge in [-0.2, -0.15) is 5.10 Å². The number of hydrogen-bond acceptors (Lipinski definition) is 5. The molecule has 8 nitrogen and oxygen atoms in total. The van der Waals surface area contributed by atoms with Crippen molar-refractivity contribution in [3.63, 3.8) is 0 Å². The molecule has 4 N–H and O–H groups in total. The second-order valence-electron chi connectivity index (χ2n) is 4.26. The monoisotopic (exact) mass is 275 g/mol. The molecule has 0 fully saturated rings. The highest BCUT2D eigenvalue weighted by atomic mass is 16.6. The van der Waals surface area contributed by atoms with E-state index in [0.29, 0.717) is 0 Å². The van der Waals surface area contributed by atoms with E-state index >= 15 is 0 Å². The zero-order chi connectivity index (χ0) is 14.7. The van der Waals surface area contributed by atoms with Crippen molar-refractivity contribution >= 4 is 17.3 Å². The van der Waals surface area contributed by atoms with Gasteiger partial charge in [0.2, 0.25) is 0 Å². The number of rotatable bonds is 4. The Labute approximate surface area is 114 Å². The molecule has 1 aromatic carbocycles. The van der Waals surface area contributed by atoms with Crippen molar-refractivity contribution in [3.8, 4) is 0 Å². The molecule has 0 aliphatic carbocycles. The first kappa shape index (κ1) is 13.5. The summed E-state index contributed by atoms with van der Waals surface area (Å²) in [5, 5.41) is 19.9. The summed E-state index contributed by atoms with van der Waals surface area (Å²) < 4.78 is 0. The average molecular weight is 275 g/mol. The van der Waals surface area contributed by atoms with Gasteiger partial charge in [0.1, 0.15) is 5.69 Å². The molecule has 0 aliphatic rings. The number of nitrogen functional groups attached to an aromatic ring is 1. The smallest absolute Gasteiger partial charge is 0.292 e. The number of aromatic amines is 1. The Kier molecular flexibility index (Phi) is 3.65. The third-order valence-corrected chi connectivity index (χ3v) is 2.85. The van der Waals surface area contributed by atoms with Crippen molar-refractivity contribution in [2.75, 3.05) is 5.73 Å². The van der Waals surface area contributed by atoms with E-state index in [-0.39, 0.29) is 28.9 Å². The second kappa shape index (κ2) is 5.39. The molecule has 8 heteroatoms. The Balaban J connectivity index is 2.14. The Morgan fingerprint density at radius 2 is 2.30 bits per heavy atom. The van der Waals surface area contributed by atoms with E-state index < -0.39 is 4.92 Å². The van der Waals surface area contributed by atoms with Crippen LogP contribution >= 0.6 is 0 Å². The van der Waals surface area contributed by atoms with Crippen LogP contribution in [0.5, 0.6) is 0 Å². The van der Waals surface area contributed by atoms with Gasteiger partial charge in [0, 0.05) is 23.4 Å². The van der Waals surface area contributed by atoms with Gasteiger partial charge >= 0.3 is 0 Å². The third-order valence-electron chi connectivity index (χ3n) is 2.85. The molecule has 0 radical (unpaired) electrons. The van der Waals surface area contributed by atoms with E-state index in [0.717, 1.165) is 5.56 Å².